The number of hydrogen-bond donors (Lipinski definition) is 1. The van der Waals surface area contributed by atoms with Gasteiger partial charge in [0.15, 0.2) is 5.16 Å². The molecule has 0 saturated carbocycles. The summed E-state index contributed by atoms with van der Waals surface area (Å²) in [6.07, 6.45) is 3.01. The van der Waals surface area contributed by atoms with Gasteiger partial charge in [-0.25, -0.2) is 9.89 Å². The number of likely N-dealkylation sites (tertiary alicyclic amines) is 1. The first-order valence-electron chi connectivity index (χ1n) is 7.63. The van der Waals surface area contributed by atoms with Crippen molar-refractivity contribution >= 4 is 17.7 Å². The van der Waals surface area contributed by atoms with E-state index in [1.54, 1.807) is 4.57 Å². The van der Waals surface area contributed by atoms with Gasteiger partial charge in [0.2, 0.25) is 5.91 Å². The first-order chi connectivity index (χ1) is 10.0. The van der Waals surface area contributed by atoms with Gasteiger partial charge in [0.1, 0.15) is 0 Å². The molecule has 21 heavy (non-hydrogen) atoms. The predicted octanol–water partition coefficient (Wildman–Crippen LogP) is 1.72. The van der Waals surface area contributed by atoms with Gasteiger partial charge in [0, 0.05) is 19.6 Å². The van der Waals surface area contributed by atoms with Crippen LogP contribution in [0, 0.1) is 5.92 Å². The van der Waals surface area contributed by atoms with Gasteiger partial charge in [-0.1, -0.05) is 25.6 Å². The zero-order valence-corrected chi connectivity index (χ0v) is 13.8. The van der Waals surface area contributed by atoms with Crippen LogP contribution in [0.5, 0.6) is 0 Å². The summed E-state index contributed by atoms with van der Waals surface area (Å²) in [6, 6.07) is 0. The molecule has 7 heteroatoms. The molecule has 1 aromatic heterocycles. The number of thioether (sulfide) groups is 1. The van der Waals surface area contributed by atoms with Crippen molar-refractivity contribution in [1.82, 2.24) is 19.7 Å². The molecule has 1 aliphatic heterocycles. The smallest absolute Gasteiger partial charge is 0.342 e. The molecule has 6 nitrogen and oxygen atoms in total. The fraction of sp³-hybridized carbons (Fsp3) is 0.786. The van der Waals surface area contributed by atoms with Crippen molar-refractivity contribution in [1.29, 1.82) is 0 Å². The van der Waals surface area contributed by atoms with E-state index in [1.807, 2.05) is 18.7 Å². The van der Waals surface area contributed by atoms with Crippen LogP contribution in [-0.4, -0.2) is 43.9 Å². The quantitative estimate of drug-likeness (QED) is 0.840. The number of piperidine rings is 1. The normalized spacial score (nSPS) is 18.0. The Labute approximate surface area is 129 Å². The third kappa shape index (κ3) is 3.90. The minimum atomic E-state index is -0.218. The van der Waals surface area contributed by atoms with Crippen LogP contribution in [0.1, 0.15) is 40.0 Å². The van der Waals surface area contributed by atoms with Crippen LogP contribution in [0.3, 0.4) is 0 Å². The summed E-state index contributed by atoms with van der Waals surface area (Å²) in [5.74, 6) is 0.850. The number of aromatic amines is 1. The average molecular weight is 312 g/mol. The van der Waals surface area contributed by atoms with Crippen LogP contribution in [-0.2, 0) is 11.3 Å². The molecule has 1 amide bonds. The molecule has 2 heterocycles. The summed E-state index contributed by atoms with van der Waals surface area (Å²) in [5, 5.41) is 6.88. The highest BCUT2D eigenvalue weighted by molar-refractivity contribution is 8.00. The van der Waals surface area contributed by atoms with Crippen molar-refractivity contribution in [3.63, 3.8) is 0 Å². The molecule has 1 aromatic rings. The van der Waals surface area contributed by atoms with Crippen LogP contribution in [0.4, 0.5) is 0 Å². The summed E-state index contributed by atoms with van der Waals surface area (Å²) in [5.41, 5.74) is -0.203. The second kappa shape index (κ2) is 7.15. The molecule has 1 atom stereocenters. The minimum absolute atomic E-state index is 0.144. The minimum Gasteiger partial charge on any atom is -0.342 e. The molecule has 2 rings (SSSR count). The summed E-state index contributed by atoms with van der Waals surface area (Å²) in [6.45, 7) is 8.44. The number of rotatable bonds is 5. The van der Waals surface area contributed by atoms with Gasteiger partial charge in [-0.15, -0.1) is 5.10 Å². The second-order valence-electron chi connectivity index (χ2n) is 5.73. The molecule has 0 bridgehead atoms. The Kier molecular flexibility index (Phi) is 5.50. The molecular formula is C14H24N4O2S. The van der Waals surface area contributed by atoms with Gasteiger partial charge in [0.05, 0.1) is 5.25 Å². The SMILES string of the molecule is CCCn1c(SC(C)C(=O)N2CCC(C)CC2)n[nH]c1=O. The standard InChI is InChI=1S/C14H24N4O2S/c1-4-7-18-13(20)15-16-14(18)21-11(3)12(19)17-8-5-10(2)6-9-17/h10-11H,4-9H2,1-3H3,(H,15,20). The number of aromatic nitrogens is 3. The van der Waals surface area contributed by atoms with E-state index in [1.165, 1.54) is 11.8 Å². The molecule has 1 aliphatic rings. The molecule has 1 saturated heterocycles. The molecule has 1 unspecified atom stereocenters. The highest BCUT2D eigenvalue weighted by Gasteiger charge is 2.26. The lowest BCUT2D eigenvalue weighted by atomic mass is 9.99. The van der Waals surface area contributed by atoms with Crippen molar-refractivity contribution in [3.05, 3.63) is 10.5 Å². The Morgan fingerprint density at radius 3 is 2.76 bits per heavy atom. The van der Waals surface area contributed by atoms with E-state index in [2.05, 4.69) is 17.1 Å². The van der Waals surface area contributed by atoms with Gasteiger partial charge in [0.25, 0.3) is 0 Å². The van der Waals surface area contributed by atoms with Gasteiger partial charge in [-0.3, -0.25) is 9.36 Å². The van der Waals surface area contributed by atoms with E-state index in [4.69, 9.17) is 0 Å². The fourth-order valence-corrected chi connectivity index (χ4v) is 3.47. The Balaban J connectivity index is 1.99. The van der Waals surface area contributed by atoms with Crippen LogP contribution in [0.25, 0.3) is 0 Å². The molecule has 118 valence electrons. The van der Waals surface area contributed by atoms with Crippen molar-refractivity contribution in [3.8, 4) is 0 Å². The summed E-state index contributed by atoms with van der Waals surface area (Å²) in [7, 11) is 0. The number of carbonyl (C=O) groups is 1. The predicted molar refractivity (Wildman–Crippen MR) is 83.4 cm³/mol. The van der Waals surface area contributed by atoms with Crippen LogP contribution in [0.2, 0.25) is 0 Å². The van der Waals surface area contributed by atoms with Gasteiger partial charge in [-0.2, -0.15) is 0 Å². The summed E-state index contributed by atoms with van der Waals surface area (Å²) >= 11 is 1.36. The fourth-order valence-electron chi connectivity index (χ4n) is 2.51. The van der Waals surface area contributed by atoms with E-state index >= 15 is 0 Å². The number of H-pyrrole nitrogens is 1. The van der Waals surface area contributed by atoms with E-state index in [9.17, 15) is 9.59 Å². The maximum atomic E-state index is 12.5. The highest BCUT2D eigenvalue weighted by Crippen LogP contribution is 2.24. The summed E-state index contributed by atoms with van der Waals surface area (Å²) in [4.78, 5) is 26.1. The lowest BCUT2D eigenvalue weighted by Crippen LogP contribution is -2.41. The van der Waals surface area contributed by atoms with Gasteiger partial charge < -0.3 is 4.90 Å². The third-order valence-electron chi connectivity index (χ3n) is 3.90. The molecule has 0 aliphatic carbocycles. The van der Waals surface area contributed by atoms with Crippen molar-refractivity contribution < 1.29 is 4.79 Å². The van der Waals surface area contributed by atoms with E-state index < -0.39 is 0 Å². The lowest BCUT2D eigenvalue weighted by molar-refractivity contribution is -0.131. The number of carbonyl (C=O) groups excluding carboxylic acids is 1. The number of nitrogens with zero attached hydrogens (tertiary/aromatic N) is 3. The molecule has 1 fully saturated rings. The Morgan fingerprint density at radius 1 is 1.48 bits per heavy atom. The van der Waals surface area contributed by atoms with E-state index in [0.717, 1.165) is 32.4 Å². The zero-order chi connectivity index (χ0) is 15.4. The molecule has 1 N–H and O–H groups in total. The van der Waals surface area contributed by atoms with Crippen LogP contribution < -0.4 is 5.69 Å². The van der Waals surface area contributed by atoms with Gasteiger partial charge >= 0.3 is 5.69 Å². The molecular weight excluding hydrogens is 288 g/mol. The number of amides is 1. The Hall–Kier alpha value is -1.24. The Morgan fingerprint density at radius 2 is 2.14 bits per heavy atom. The Bertz CT molecular complexity index is 531. The summed E-state index contributed by atoms with van der Waals surface area (Å²) < 4.78 is 1.60. The average Bonchev–Trinajstić information content (AvgIpc) is 2.81. The highest BCUT2D eigenvalue weighted by atomic mass is 32.2. The largest absolute Gasteiger partial charge is 0.343 e. The number of hydrogen-bond acceptors (Lipinski definition) is 4. The van der Waals surface area contributed by atoms with Crippen LogP contribution in [0.15, 0.2) is 9.95 Å². The third-order valence-corrected chi connectivity index (χ3v) is 4.97. The lowest BCUT2D eigenvalue weighted by Gasteiger charge is -2.31. The zero-order valence-electron chi connectivity index (χ0n) is 13.0. The first-order valence-corrected chi connectivity index (χ1v) is 8.51. The second-order valence-corrected chi connectivity index (χ2v) is 7.04. The maximum Gasteiger partial charge on any atom is 0.343 e. The van der Waals surface area contributed by atoms with E-state index in [-0.39, 0.29) is 16.8 Å². The van der Waals surface area contributed by atoms with Crippen molar-refractivity contribution in [2.24, 2.45) is 5.92 Å². The van der Waals surface area contributed by atoms with Crippen LogP contribution >= 0.6 is 11.8 Å². The van der Waals surface area contributed by atoms with Gasteiger partial charge in [-0.05, 0) is 32.1 Å². The topological polar surface area (TPSA) is 71.0 Å². The monoisotopic (exact) mass is 312 g/mol. The molecule has 0 aromatic carbocycles. The van der Waals surface area contributed by atoms with Crippen molar-refractivity contribution in [2.75, 3.05) is 13.1 Å². The first kappa shape index (κ1) is 16.1. The number of nitrogens with one attached hydrogen (secondary N) is 1. The maximum absolute atomic E-state index is 12.5. The molecule has 0 spiro atoms. The van der Waals surface area contributed by atoms with E-state index in [0.29, 0.717) is 17.6 Å². The van der Waals surface area contributed by atoms with Crippen molar-refractivity contribution in [2.45, 2.75) is 57.0 Å². The molecule has 0 radical (unpaired) electrons.